The number of thiophene rings is 1. The zero-order valence-corrected chi connectivity index (χ0v) is 11.5. The van der Waals surface area contributed by atoms with Crippen molar-refractivity contribution < 1.29 is 9.84 Å². The maximum absolute atomic E-state index is 10.5. The van der Waals surface area contributed by atoms with E-state index in [-0.39, 0.29) is 0 Å². The van der Waals surface area contributed by atoms with Gasteiger partial charge in [-0.3, -0.25) is 0 Å². The highest BCUT2D eigenvalue weighted by molar-refractivity contribution is 7.10. The van der Waals surface area contributed by atoms with Crippen molar-refractivity contribution in [3.63, 3.8) is 0 Å². The van der Waals surface area contributed by atoms with Crippen LogP contribution in [0, 0.1) is 6.92 Å². The van der Waals surface area contributed by atoms with E-state index >= 15 is 0 Å². The van der Waals surface area contributed by atoms with E-state index in [1.807, 2.05) is 42.6 Å². The van der Waals surface area contributed by atoms with Gasteiger partial charge in [-0.25, -0.2) is 0 Å². The maximum Gasteiger partial charge on any atom is 0.125 e. The zero-order chi connectivity index (χ0) is 13.0. The Morgan fingerprint density at radius 3 is 2.72 bits per heavy atom. The quantitative estimate of drug-likeness (QED) is 0.884. The van der Waals surface area contributed by atoms with Crippen LogP contribution in [-0.2, 0) is 0 Å². The summed E-state index contributed by atoms with van der Waals surface area (Å²) < 4.78 is 5.69. The number of aryl methyl sites for hydroxylation is 1. The monoisotopic (exact) mass is 262 g/mol. The molecule has 0 saturated heterocycles. The Hall–Kier alpha value is -1.32. The third kappa shape index (κ3) is 2.74. The first-order valence-electron chi connectivity index (χ1n) is 6.17. The molecule has 3 heteroatoms. The molecule has 2 rings (SSSR count). The van der Waals surface area contributed by atoms with E-state index in [0.29, 0.717) is 6.61 Å². The van der Waals surface area contributed by atoms with Crippen LogP contribution in [0.5, 0.6) is 5.75 Å². The molecular weight excluding hydrogens is 244 g/mol. The maximum atomic E-state index is 10.5. The van der Waals surface area contributed by atoms with E-state index < -0.39 is 6.10 Å². The molecule has 0 aliphatic carbocycles. The number of para-hydroxylation sites is 1. The summed E-state index contributed by atoms with van der Waals surface area (Å²) in [4.78, 5) is 0.988. The Kier molecular flexibility index (Phi) is 4.39. The molecule has 0 amide bonds. The zero-order valence-electron chi connectivity index (χ0n) is 10.7. The van der Waals surface area contributed by atoms with E-state index in [1.54, 1.807) is 11.3 Å². The Balaban J connectivity index is 2.30. The summed E-state index contributed by atoms with van der Waals surface area (Å²) in [6, 6.07) is 9.73. The fourth-order valence-electron chi connectivity index (χ4n) is 1.86. The molecule has 1 unspecified atom stereocenters. The smallest absolute Gasteiger partial charge is 0.125 e. The van der Waals surface area contributed by atoms with E-state index in [0.717, 1.165) is 28.2 Å². The molecule has 0 aliphatic heterocycles. The lowest BCUT2D eigenvalue weighted by Crippen LogP contribution is -2.04. The van der Waals surface area contributed by atoms with Crippen LogP contribution in [0.4, 0.5) is 0 Å². The van der Waals surface area contributed by atoms with Crippen molar-refractivity contribution >= 4 is 11.3 Å². The standard InChI is InChI=1S/C15H18O2S/c1-3-9-17-13-7-5-4-6-12(13)14(16)15-11(2)8-10-18-15/h4-8,10,14,16H,3,9H2,1-2H3. The van der Waals surface area contributed by atoms with Gasteiger partial charge in [0.15, 0.2) is 0 Å². The molecule has 0 spiro atoms. The molecular formula is C15H18O2S. The van der Waals surface area contributed by atoms with Crippen molar-refractivity contribution in [1.82, 2.24) is 0 Å². The predicted octanol–water partition coefficient (Wildman–Crippen LogP) is 3.93. The third-order valence-corrected chi connectivity index (χ3v) is 3.90. The highest BCUT2D eigenvalue weighted by Gasteiger charge is 2.18. The van der Waals surface area contributed by atoms with Crippen LogP contribution in [0.3, 0.4) is 0 Å². The van der Waals surface area contributed by atoms with E-state index in [1.165, 1.54) is 0 Å². The summed E-state index contributed by atoms with van der Waals surface area (Å²) in [5.41, 5.74) is 1.97. The van der Waals surface area contributed by atoms with Crippen molar-refractivity contribution in [2.24, 2.45) is 0 Å². The minimum atomic E-state index is -0.599. The molecule has 1 aromatic heterocycles. The topological polar surface area (TPSA) is 29.5 Å². The van der Waals surface area contributed by atoms with Gasteiger partial charge in [0.25, 0.3) is 0 Å². The molecule has 18 heavy (non-hydrogen) atoms. The average Bonchev–Trinajstić information content (AvgIpc) is 2.82. The second-order valence-electron chi connectivity index (χ2n) is 4.26. The van der Waals surface area contributed by atoms with Gasteiger partial charge < -0.3 is 9.84 Å². The van der Waals surface area contributed by atoms with Gasteiger partial charge in [0, 0.05) is 10.4 Å². The lowest BCUT2D eigenvalue weighted by atomic mass is 10.0. The van der Waals surface area contributed by atoms with Crippen molar-refractivity contribution in [1.29, 1.82) is 0 Å². The Morgan fingerprint density at radius 1 is 1.28 bits per heavy atom. The molecule has 1 aromatic carbocycles. The first-order valence-corrected chi connectivity index (χ1v) is 7.05. The van der Waals surface area contributed by atoms with Crippen LogP contribution in [0.1, 0.15) is 35.5 Å². The summed E-state index contributed by atoms with van der Waals surface area (Å²) in [6.45, 7) is 4.76. The lowest BCUT2D eigenvalue weighted by Gasteiger charge is -2.15. The molecule has 1 atom stereocenters. The second kappa shape index (κ2) is 6.03. The van der Waals surface area contributed by atoms with E-state index in [4.69, 9.17) is 4.74 Å². The Morgan fingerprint density at radius 2 is 2.06 bits per heavy atom. The lowest BCUT2D eigenvalue weighted by molar-refractivity contribution is 0.213. The summed E-state index contributed by atoms with van der Waals surface area (Å²) in [6.07, 6.45) is 0.362. The molecule has 0 saturated carbocycles. The predicted molar refractivity (Wildman–Crippen MR) is 75.3 cm³/mol. The van der Waals surface area contributed by atoms with Gasteiger partial charge in [0.05, 0.1) is 6.61 Å². The minimum Gasteiger partial charge on any atom is -0.493 e. The number of hydrogen-bond acceptors (Lipinski definition) is 3. The first-order chi connectivity index (χ1) is 8.74. The number of rotatable bonds is 5. The number of benzene rings is 1. The number of ether oxygens (including phenoxy) is 1. The molecule has 0 radical (unpaired) electrons. The summed E-state index contributed by atoms with van der Waals surface area (Å²) in [5, 5.41) is 12.5. The van der Waals surface area contributed by atoms with Crippen molar-refractivity contribution in [3.05, 3.63) is 51.7 Å². The van der Waals surface area contributed by atoms with Gasteiger partial charge in [-0.1, -0.05) is 25.1 Å². The van der Waals surface area contributed by atoms with Gasteiger partial charge in [0.2, 0.25) is 0 Å². The normalized spacial score (nSPS) is 12.4. The van der Waals surface area contributed by atoms with Crippen molar-refractivity contribution in [3.8, 4) is 5.75 Å². The van der Waals surface area contributed by atoms with Crippen molar-refractivity contribution in [2.45, 2.75) is 26.4 Å². The van der Waals surface area contributed by atoms with Crippen LogP contribution in [0.25, 0.3) is 0 Å². The fourth-order valence-corrected chi connectivity index (χ4v) is 2.78. The number of aliphatic hydroxyl groups is 1. The van der Waals surface area contributed by atoms with Gasteiger partial charge in [-0.15, -0.1) is 11.3 Å². The molecule has 0 aliphatic rings. The van der Waals surface area contributed by atoms with Crippen LogP contribution in [0.2, 0.25) is 0 Å². The average molecular weight is 262 g/mol. The highest BCUT2D eigenvalue weighted by Crippen LogP contribution is 2.34. The summed E-state index contributed by atoms with van der Waals surface area (Å²) in [5.74, 6) is 0.777. The van der Waals surface area contributed by atoms with Gasteiger partial charge in [-0.05, 0) is 36.4 Å². The molecule has 1 heterocycles. The molecule has 0 fully saturated rings. The molecule has 2 nitrogen and oxygen atoms in total. The van der Waals surface area contributed by atoms with Crippen molar-refractivity contribution in [2.75, 3.05) is 6.61 Å². The minimum absolute atomic E-state index is 0.599. The Labute approximate surface area is 112 Å². The SMILES string of the molecule is CCCOc1ccccc1C(O)c1sccc1C. The highest BCUT2D eigenvalue weighted by atomic mass is 32.1. The number of aliphatic hydroxyl groups excluding tert-OH is 1. The summed E-state index contributed by atoms with van der Waals surface area (Å²) >= 11 is 1.58. The van der Waals surface area contributed by atoms with E-state index in [2.05, 4.69) is 6.92 Å². The Bertz CT molecular complexity index is 505. The van der Waals surface area contributed by atoms with E-state index in [9.17, 15) is 5.11 Å². The van der Waals surface area contributed by atoms with Crippen LogP contribution in [0.15, 0.2) is 35.7 Å². The first kappa shape index (κ1) is 13.1. The molecule has 1 N–H and O–H groups in total. The third-order valence-electron chi connectivity index (χ3n) is 2.83. The van der Waals surface area contributed by atoms with Crippen LogP contribution >= 0.6 is 11.3 Å². The fraction of sp³-hybridized carbons (Fsp3) is 0.333. The molecule has 2 aromatic rings. The largest absolute Gasteiger partial charge is 0.493 e. The second-order valence-corrected chi connectivity index (χ2v) is 5.20. The summed E-state index contributed by atoms with van der Waals surface area (Å²) in [7, 11) is 0. The van der Waals surface area contributed by atoms with Crippen LogP contribution < -0.4 is 4.74 Å². The van der Waals surface area contributed by atoms with Gasteiger partial charge in [0.1, 0.15) is 11.9 Å². The molecule has 96 valence electrons. The molecule has 0 bridgehead atoms. The number of hydrogen-bond donors (Lipinski definition) is 1. The van der Waals surface area contributed by atoms with Gasteiger partial charge >= 0.3 is 0 Å². The van der Waals surface area contributed by atoms with Gasteiger partial charge in [-0.2, -0.15) is 0 Å². The van der Waals surface area contributed by atoms with Crippen LogP contribution in [-0.4, -0.2) is 11.7 Å².